The van der Waals surface area contributed by atoms with Crippen LogP contribution in [0.4, 0.5) is 36.4 Å². The lowest BCUT2D eigenvalue weighted by molar-refractivity contribution is -0.137. The molecular formula is C25H30F3N7O. The summed E-state index contributed by atoms with van der Waals surface area (Å²) in [5.41, 5.74) is 6.21. The molecule has 192 valence electrons. The quantitative estimate of drug-likeness (QED) is 0.473. The van der Waals surface area contributed by atoms with Gasteiger partial charge >= 0.3 is 6.18 Å². The minimum Gasteiger partial charge on any atom is -0.399 e. The lowest BCUT2D eigenvalue weighted by atomic mass is 10.0. The van der Waals surface area contributed by atoms with E-state index in [1.165, 1.54) is 0 Å². The van der Waals surface area contributed by atoms with E-state index in [2.05, 4.69) is 20.1 Å². The second kappa shape index (κ2) is 9.61. The zero-order valence-corrected chi connectivity index (χ0v) is 20.3. The van der Waals surface area contributed by atoms with E-state index in [4.69, 9.17) is 20.4 Å². The first-order chi connectivity index (χ1) is 17.2. The molecule has 0 aliphatic carbocycles. The van der Waals surface area contributed by atoms with Gasteiger partial charge in [-0.25, -0.2) is 9.97 Å². The van der Waals surface area contributed by atoms with Crippen LogP contribution in [0.15, 0.2) is 30.5 Å². The molecule has 36 heavy (non-hydrogen) atoms. The summed E-state index contributed by atoms with van der Waals surface area (Å²) in [7, 11) is 1.73. The average Bonchev–Trinajstić information content (AvgIpc) is 2.82. The molecule has 5 rings (SSSR count). The van der Waals surface area contributed by atoms with Crippen molar-refractivity contribution in [3.8, 4) is 0 Å². The molecule has 4 heterocycles. The Balaban J connectivity index is 1.50. The Labute approximate surface area is 207 Å². The number of nitrogen functional groups attached to an aromatic ring is 1. The highest BCUT2D eigenvalue weighted by Crippen LogP contribution is 2.35. The molecule has 2 aliphatic heterocycles. The van der Waals surface area contributed by atoms with E-state index in [0.29, 0.717) is 22.8 Å². The van der Waals surface area contributed by atoms with Crippen molar-refractivity contribution < 1.29 is 17.9 Å². The molecule has 0 amide bonds. The Hall–Kier alpha value is -3.34. The smallest absolute Gasteiger partial charge is 0.399 e. The number of nitrogens with two attached hydrogens (primary N) is 1. The van der Waals surface area contributed by atoms with Crippen LogP contribution >= 0.6 is 0 Å². The lowest BCUT2D eigenvalue weighted by Crippen LogP contribution is -2.38. The zero-order chi connectivity index (χ0) is 25.4. The highest BCUT2D eigenvalue weighted by Gasteiger charge is 2.31. The van der Waals surface area contributed by atoms with Crippen LogP contribution in [0.1, 0.15) is 43.4 Å². The van der Waals surface area contributed by atoms with Gasteiger partial charge in [-0.1, -0.05) is 0 Å². The van der Waals surface area contributed by atoms with Gasteiger partial charge in [0.1, 0.15) is 11.6 Å². The van der Waals surface area contributed by atoms with Crippen molar-refractivity contribution in [3.05, 3.63) is 41.6 Å². The SMILES string of the molecule is COC1CCN(c2cc3c(N[C@H](C)c4cc(N)cc(C(F)(F)F)c4)nc(N4CCC4)nc3cn2)CC1. The Bertz CT molecular complexity index is 1240. The number of fused-ring (bicyclic) bond motifs is 1. The molecule has 3 N–H and O–H groups in total. The maximum absolute atomic E-state index is 13.4. The van der Waals surface area contributed by atoms with Crippen LogP contribution in [0.5, 0.6) is 0 Å². The minimum absolute atomic E-state index is 0.0632. The zero-order valence-electron chi connectivity index (χ0n) is 20.3. The number of nitrogens with zero attached hydrogens (tertiary/aromatic N) is 5. The van der Waals surface area contributed by atoms with E-state index >= 15 is 0 Å². The van der Waals surface area contributed by atoms with Gasteiger partial charge in [0, 0.05) is 44.4 Å². The maximum atomic E-state index is 13.4. The number of benzene rings is 1. The predicted molar refractivity (Wildman–Crippen MR) is 134 cm³/mol. The molecule has 2 saturated heterocycles. The van der Waals surface area contributed by atoms with E-state index < -0.39 is 17.8 Å². The van der Waals surface area contributed by atoms with Crippen molar-refractivity contribution in [1.29, 1.82) is 0 Å². The number of rotatable bonds is 6. The van der Waals surface area contributed by atoms with Gasteiger partial charge in [0.25, 0.3) is 0 Å². The third-order valence-electron chi connectivity index (χ3n) is 6.95. The molecule has 2 aliphatic rings. The largest absolute Gasteiger partial charge is 0.416 e. The Morgan fingerprint density at radius 2 is 1.81 bits per heavy atom. The summed E-state index contributed by atoms with van der Waals surface area (Å²) in [6, 6.07) is 5.10. The van der Waals surface area contributed by atoms with E-state index in [9.17, 15) is 13.2 Å². The van der Waals surface area contributed by atoms with Gasteiger partial charge in [0.15, 0.2) is 0 Å². The van der Waals surface area contributed by atoms with Gasteiger partial charge in [0.05, 0.1) is 29.4 Å². The Morgan fingerprint density at radius 3 is 2.44 bits per heavy atom. The van der Waals surface area contributed by atoms with Crippen molar-refractivity contribution in [2.75, 3.05) is 54.1 Å². The number of pyridine rings is 1. The molecule has 1 aromatic carbocycles. The number of anilines is 4. The van der Waals surface area contributed by atoms with Crippen LogP contribution in [0, 0.1) is 0 Å². The number of hydrogen-bond donors (Lipinski definition) is 2. The first-order valence-electron chi connectivity index (χ1n) is 12.2. The van der Waals surface area contributed by atoms with Gasteiger partial charge in [-0.3, -0.25) is 0 Å². The average molecular weight is 502 g/mol. The molecule has 0 bridgehead atoms. The van der Waals surface area contributed by atoms with Crippen molar-refractivity contribution >= 4 is 34.2 Å². The fourth-order valence-corrected chi connectivity index (χ4v) is 4.65. The molecule has 11 heteroatoms. The Kier molecular flexibility index (Phi) is 6.50. The maximum Gasteiger partial charge on any atom is 0.416 e. The number of alkyl halides is 3. The summed E-state index contributed by atoms with van der Waals surface area (Å²) >= 11 is 0. The molecule has 1 atom stereocenters. The van der Waals surface area contributed by atoms with E-state index in [0.717, 1.165) is 68.8 Å². The molecule has 3 aromatic rings. The summed E-state index contributed by atoms with van der Waals surface area (Å²) in [6.45, 7) is 5.18. The molecule has 2 aromatic heterocycles. The topological polar surface area (TPSA) is 92.4 Å². The summed E-state index contributed by atoms with van der Waals surface area (Å²) in [5, 5.41) is 4.10. The fraction of sp³-hybridized carbons (Fsp3) is 0.480. The number of halogens is 3. The van der Waals surface area contributed by atoms with Gasteiger partial charge < -0.3 is 25.6 Å². The standard InChI is InChI=1S/C25H30F3N7O/c1-15(16-10-17(25(26,27)28)12-18(29)11-16)31-23-20-13-22(34-8-4-19(36-2)5-9-34)30-14-21(20)32-24(33-23)35-6-3-7-35/h10-15,19H,3-9,29H2,1-2H3,(H,31,32,33)/t15-/m1/s1. The number of ether oxygens (including phenoxy) is 1. The van der Waals surface area contributed by atoms with Crippen LogP contribution in [0.3, 0.4) is 0 Å². The van der Waals surface area contributed by atoms with E-state index in [-0.39, 0.29) is 11.8 Å². The van der Waals surface area contributed by atoms with Crippen molar-refractivity contribution in [3.63, 3.8) is 0 Å². The molecule has 2 fully saturated rings. The second-order valence-corrected chi connectivity index (χ2v) is 9.45. The number of aromatic nitrogens is 3. The van der Waals surface area contributed by atoms with Crippen LogP contribution < -0.4 is 20.9 Å². The van der Waals surface area contributed by atoms with E-state index in [1.807, 2.05) is 6.07 Å². The summed E-state index contributed by atoms with van der Waals surface area (Å²) in [6.07, 6.45) is 0.420. The van der Waals surface area contributed by atoms with Crippen LogP contribution in [0.2, 0.25) is 0 Å². The van der Waals surface area contributed by atoms with Crippen LogP contribution in [0.25, 0.3) is 10.9 Å². The van der Waals surface area contributed by atoms with Crippen molar-refractivity contribution in [2.24, 2.45) is 0 Å². The van der Waals surface area contributed by atoms with E-state index in [1.54, 1.807) is 26.3 Å². The van der Waals surface area contributed by atoms with Gasteiger partial charge in [-0.05, 0) is 56.0 Å². The number of hydrogen-bond acceptors (Lipinski definition) is 8. The third kappa shape index (κ3) is 4.97. The number of nitrogens with one attached hydrogen (secondary N) is 1. The molecule has 0 unspecified atom stereocenters. The van der Waals surface area contributed by atoms with Crippen molar-refractivity contribution in [1.82, 2.24) is 15.0 Å². The van der Waals surface area contributed by atoms with Crippen LogP contribution in [-0.4, -0.2) is 54.3 Å². The number of piperidine rings is 1. The molecule has 0 radical (unpaired) electrons. The summed E-state index contributed by atoms with van der Waals surface area (Å²) in [5.74, 6) is 1.96. The third-order valence-corrected chi connectivity index (χ3v) is 6.95. The van der Waals surface area contributed by atoms with Gasteiger partial charge in [0.2, 0.25) is 5.95 Å². The summed E-state index contributed by atoms with van der Waals surface area (Å²) < 4.78 is 45.6. The molecule has 8 nitrogen and oxygen atoms in total. The molecular weight excluding hydrogens is 471 g/mol. The lowest BCUT2D eigenvalue weighted by Gasteiger charge is -2.33. The van der Waals surface area contributed by atoms with Gasteiger partial charge in [-0.2, -0.15) is 18.2 Å². The fourth-order valence-electron chi connectivity index (χ4n) is 4.65. The highest BCUT2D eigenvalue weighted by atomic mass is 19.4. The van der Waals surface area contributed by atoms with Crippen molar-refractivity contribution in [2.45, 2.75) is 44.5 Å². The molecule has 0 saturated carbocycles. The summed E-state index contributed by atoms with van der Waals surface area (Å²) in [4.78, 5) is 18.4. The second-order valence-electron chi connectivity index (χ2n) is 9.45. The first-order valence-corrected chi connectivity index (χ1v) is 12.2. The molecule has 0 spiro atoms. The predicted octanol–water partition coefficient (Wildman–Crippen LogP) is 4.62. The van der Waals surface area contributed by atoms with Crippen LogP contribution in [-0.2, 0) is 10.9 Å². The minimum atomic E-state index is -4.48. The van der Waals surface area contributed by atoms with Gasteiger partial charge in [-0.15, -0.1) is 0 Å². The Morgan fingerprint density at radius 1 is 1.06 bits per heavy atom. The monoisotopic (exact) mass is 501 g/mol. The normalized spacial score (nSPS) is 17.8. The first kappa shape index (κ1) is 24.4. The number of methoxy groups -OCH3 is 1. The highest BCUT2D eigenvalue weighted by molar-refractivity contribution is 5.91.